The summed E-state index contributed by atoms with van der Waals surface area (Å²) in [6.45, 7) is 2.29. The van der Waals surface area contributed by atoms with Crippen molar-refractivity contribution in [3.63, 3.8) is 0 Å². The van der Waals surface area contributed by atoms with Gasteiger partial charge in [-0.3, -0.25) is 0 Å². The molecule has 0 bridgehead atoms. The zero-order valence-corrected chi connectivity index (χ0v) is 13.8. The van der Waals surface area contributed by atoms with Gasteiger partial charge in [-0.05, 0) is 54.6 Å². The zero-order valence-electron chi connectivity index (χ0n) is 13.0. The molecule has 4 heteroatoms. The first-order chi connectivity index (χ1) is 11.4. The number of amidine groups is 1. The molecular weight excluding hydrogens is 304 g/mol. The van der Waals surface area contributed by atoms with Crippen LogP contribution in [-0.2, 0) is 0 Å². The summed E-state index contributed by atoms with van der Waals surface area (Å²) in [7, 11) is 0. The largest absolute Gasteiger partial charge is 0.457 e. The lowest BCUT2D eigenvalue weighted by molar-refractivity contribution is 0.371. The van der Waals surface area contributed by atoms with Gasteiger partial charge < -0.3 is 9.64 Å². The summed E-state index contributed by atoms with van der Waals surface area (Å²) in [5.74, 6) is 4.57. The van der Waals surface area contributed by atoms with Crippen LogP contribution in [0.3, 0.4) is 0 Å². The highest BCUT2D eigenvalue weighted by atomic mass is 32.2. The summed E-state index contributed by atoms with van der Waals surface area (Å²) in [6.07, 6.45) is 2.44. The third-order valence-electron chi connectivity index (χ3n) is 4.43. The van der Waals surface area contributed by atoms with Crippen LogP contribution in [0.4, 0.5) is 0 Å². The van der Waals surface area contributed by atoms with Crippen molar-refractivity contribution in [2.75, 3.05) is 18.8 Å². The second kappa shape index (κ2) is 6.67. The molecule has 0 aromatic heterocycles. The predicted octanol–water partition coefficient (Wildman–Crippen LogP) is 4.72. The average molecular weight is 324 g/mol. The van der Waals surface area contributed by atoms with Crippen LogP contribution in [0.15, 0.2) is 59.0 Å². The third-order valence-corrected chi connectivity index (χ3v) is 5.11. The molecule has 0 unspecified atom stereocenters. The van der Waals surface area contributed by atoms with E-state index in [1.54, 1.807) is 11.9 Å². The second-order valence-corrected chi connectivity index (χ2v) is 6.80. The van der Waals surface area contributed by atoms with Crippen LogP contribution in [0.5, 0.6) is 11.5 Å². The maximum atomic E-state index is 5.88. The average Bonchev–Trinajstić information content (AvgIpc) is 2.63. The van der Waals surface area contributed by atoms with Gasteiger partial charge in [0.05, 0.1) is 0 Å². The lowest BCUT2D eigenvalue weighted by Crippen LogP contribution is -2.42. The minimum atomic E-state index is 0.433. The molecule has 2 aliphatic rings. The monoisotopic (exact) mass is 324 g/mol. The van der Waals surface area contributed by atoms with Gasteiger partial charge in [0.1, 0.15) is 17.3 Å². The molecular formula is C19H20N2OS. The maximum Gasteiger partial charge on any atom is 0.127 e. The number of hydrogen-bond donors (Lipinski definition) is 0. The Kier molecular flexibility index (Phi) is 4.24. The van der Waals surface area contributed by atoms with Crippen LogP contribution in [0, 0.1) is 0 Å². The van der Waals surface area contributed by atoms with E-state index in [2.05, 4.69) is 29.2 Å². The predicted molar refractivity (Wildman–Crippen MR) is 96.4 cm³/mol. The number of para-hydroxylation sites is 1. The Labute approximate surface area is 141 Å². The number of fused-ring (bicyclic) bond motifs is 1. The molecule has 0 spiro atoms. The van der Waals surface area contributed by atoms with Gasteiger partial charge in [0.15, 0.2) is 0 Å². The lowest BCUT2D eigenvalue weighted by atomic mass is 9.89. The molecule has 2 aliphatic heterocycles. The van der Waals surface area contributed by atoms with Crippen molar-refractivity contribution in [1.29, 1.82) is 0 Å². The molecule has 1 atom stereocenters. The van der Waals surface area contributed by atoms with Crippen molar-refractivity contribution in [2.24, 2.45) is 4.40 Å². The first-order valence-corrected chi connectivity index (χ1v) is 9.12. The fourth-order valence-electron chi connectivity index (χ4n) is 3.27. The molecule has 2 aromatic rings. The fourth-order valence-corrected chi connectivity index (χ4v) is 4.04. The Morgan fingerprint density at radius 1 is 0.957 bits per heavy atom. The highest BCUT2D eigenvalue weighted by molar-refractivity contribution is 7.98. The number of nitrogens with zero attached hydrogens (tertiary/aromatic N) is 2. The maximum absolute atomic E-state index is 5.88. The SMILES string of the molecule is c1ccc(Oc2ccc([C@H]3CCCN4CCSN=C34)cc2)cc1. The molecule has 1 fully saturated rings. The summed E-state index contributed by atoms with van der Waals surface area (Å²) in [4.78, 5) is 2.46. The number of hydrogen-bond acceptors (Lipinski definition) is 4. The number of benzene rings is 2. The molecule has 2 aromatic carbocycles. The van der Waals surface area contributed by atoms with Gasteiger partial charge in [0, 0.05) is 24.8 Å². The Balaban J connectivity index is 1.52. The Morgan fingerprint density at radius 3 is 2.57 bits per heavy atom. The molecule has 0 amide bonds. The van der Waals surface area contributed by atoms with Gasteiger partial charge in [-0.1, -0.05) is 30.3 Å². The summed E-state index contributed by atoms with van der Waals surface area (Å²) >= 11 is 1.71. The highest BCUT2D eigenvalue weighted by Crippen LogP contribution is 2.33. The molecule has 3 nitrogen and oxygen atoms in total. The van der Waals surface area contributed by atoms with Crippen molar-refractivity contribution >= 4 is 17.8 Å². The fraction of sp³-hybridized carbons (Fsp3) is 0.316. The minimum absolute atomic E-state index is 0.433. The highest BCUT2D eigenvalue weighted by Gasteiger charge is 2.29. The minimum Gasteiger partial charge on any atom is -0.457 e. The van der Waals surface area contributed by atoms with Crippen LogP contribution < -0.4 is 4.74 Å². The van der Waals surface area contributed by atoms with Gasteiger partial charge in [0.25, 0.3) is 0 Å². The summed E-state index contributed by atoms with van der Waals surface area (Å²) in [5.41, 5.74) is 1.34. The van der Waals surface area contributed by atoms with E-state index in [4.69, 9.17) is 9.13 Å². The van der Waals surface area contributed by atoms with E-state index in [-0.39, 0.29) is 0 Å². The first kappa shape index (κ1) is 14.6. The van der Waals surface area contributed by atoms with Crippen molar-refractivity contribution in [1.82, 2.24) is 4.90 Å². The molecule has 0 radical (unpaired) electrons. The normalized spacial score (nSPS) is 20.6. The van der Waals surface area contributed by atoms with E-state index in [1.807, 2.05) is 30.3 Å². The van der Waals surface area contributed by atoms with E-state index in [9.17, 15) is 0 Å². The van der Waals surface area contributed by atoms with E-state index in [1.165, 1.54) is 24.2 Å². The van der Waals surface area contributed by atoms with Crippen LogP contribution in [0.1, 0.15) is 24.3 Å². The summed E-state index contributed by atoms with van der Waals surface area (Å²) < 4.78 is 10.6. The topological polar surface area (TPSA) is 24.8 Å². The van der Waals surface area contributed by atoms with E-state index in [0.29, 0.717) is 5.92 Å². The summed E-state index contributed by atoms with van der Waals surface area (Å²) in [5, 5.41) is 0. The summed E-state index contributed by atoms with van der Waals surface area (Å²) in [6, 6.07) is 18.4. The van der Waals surface area contributed by atoms with E-state index < -0.39 is 0 Å². The van der Waals surface area contributed by atoms with Gasteiger partial charge in [0.2, 0.25) is 0 Å². The molecule has 118 valence electrons. The van der Waals surface area contributed by atoms with Gasteiger partial charge >= 0.3 is 0 Å². The molecule has 0 saturated carbocycles. The van der Waals surface area contributed by atoms with E-state index >= 15 is 0 Å². The van der Waals surface area contributed by atoms with Gasteiger partial charge in [-0.15, -0.1) is 0 Å². The molecule has 1 saturated heterocycles. The Bertz CT molecular complexity index is 684. The molecule has 0 aliphatic carbocycles. The van der Waals surface area contributed by atoms with Gasteiger partial charge in [-0.25, -0.2) is 4.40 Å². The van der Waals surface area contributed by atoms with Crippen molar-refractivity contribution in [3.05, 3.63) is 60.2 Å². The van der Waals surface area contributed by atoms with Crippen LogP contribution in [-0.4, -0.2) is 29.6 Å². The van der Waals surface area contributed by atoms with Crippen LogP contribution >= 0.6 is 11.9 Å². The lowest BCUT2D eigenvalue weighted by Gasteiger charge is -2.37. The second-order valence-electron chi connectivity index (χ2n) is 5.95. The van der Waals surface area contributed by atoms with Gasteiger partial charge in [-0.2, -0.15) is 0 Å². The first-order valence-electron chi connectivity index (χ1n) is 8.18. The molecule has 23 heavy (non-hydrogen) atoms. The Morgan fingerprint density at radius 2 is 1.74 bits per heavy atom. The van der Waals surface area contributed by atoms with Crippen molar-refractivity contribution < 1.29 is 4.74 Å². The van der Waals surface area contributed by atoms with Crippen molar-refractivity contribution in [3.8, 4) is 11.5 Å². The standard InChI is InChI=1S/C19H20N2OS/c1-2-5-16(6-3-1)22-17-10-8-15(9-11-17)18-7-4-12-21-13-14-23-20-19(18)21/h1-3,5-6,8-11,18H,4,7,12-14H2/t18-/m1/s1. The van der Waals surface area contributed by atoms with Crippen LogP contribution in [0.25, 0.3) is 0 Å². The molecule has 4 rings (SSSR count). The Hall–Kier alpha value is -1.94. The quantitative estimate of drug-likeness (QED) is 0.764. The molecule has 2 heterocycles. The third kappa shape index (κ3) is 3.22. The van der Waals surface area contributed by atoms with Crippen molar-refractivity contribution in [2.45, 2.75) is 18.8 Å². The smallest absolute Gasteiger partial charge is 0.127 e. The molecule has 0 N–H and O–H groups in total. The zero-order chi connectivity index (χ0) is 15.5. The number of piperidine rings is 1. The van der Waals surface area contributed by atoms with Crippen LogP contribution in [0.2, 0.25) is 0 Å². The number of ether oxygens (including phenoxy) is 1. The number of rotatable bonds is 3. The van der Waals surface area contributed by atoms with E-state index in [0.717, 1.165) is 30.3 Å².